The number of unbranched alkanes of at least 4 members (excludes halogenated alkanes) is 1. The van der Waals surface area contributed by atoms with Crippen LogP contribution in [0, 0.1) is 0 Å². The lowest BCUT2D eigenvalue weighted by atomic mass is 10.2. The Morgan fingerprint density at radius 3 is 2.95 bits per heavy atom. The summed E-state index contributed by atoms with van der Waals surface area (Å²) in [6, 6.07) is 3.45. The van der Waals surface area contributed by atoms with Gasteiger partial charge >= 0.3 is 6.09 Å². The van der Waals surface area contributed by atoms with Gasteiger partial charge in [0.15, 0.2) is 0 Å². The first kappa shape index (κ1) is 13.5. The molecule has 6 heteroatoms. The van der Waals surface area contributed by atoms with Crippen molar-refractivity contribution in [1.29, 1.82) is 0 Å². The average molecular weight is 265 g/mol. The van der Waals surface area contributed by atoms with Crippen LogP contribution < -0.4 is 10.5 Å². The van der Waals surface area contributed by atoms with Crippen LogP contribution in [0.1, 0.15) is 19.8 Å². The first-order valence-electron chi connectivity index (χ1n) is 6.49. The number of nitrogens with zero attached hydrogens (tertiary/aromatic N) is 2. The molecule has 1 aliphatic heterocycles. The number of hydrogen-bond acceptors (Lipinski definition) is 5. The molecule has 2 heterocycles. The normalized spacial score (nSPS) is 14.9. The quantitative estimate of drug-likeness (QED) is 0.819. The molecule has 0 atom stereocenters. The summed E-state index contributed by atoms with van der Waals surface area (Å²) in [6.45, 7) is 3.64. The number of pyridine rings is 1. The maximum atomic E-state index is 11.6. The average Bonchev–Trinajstić information content (AvgIpc) is 2.35. The number of carbonyl (C=O) groups excluding carboxylic acids is 1. The molecule has 2 N–H and O–H groups in total. The fraction of sp³-hybridized carbons (Fsp3) is 0.538. The van der Waals surface area contributed by atoms with Crippen molar-refractivity contribution < 1.29 is 14.3 Å². The first-order valence-corrected chi connectivity index (χ1v) is 6.49. The number of nitrogens with two attached hydrogens (primary N) is 1. The van der Waals surface area contributed by atoms with E-state index >= 15 is 0 Å². The van der Waals surface area contributed by atoms with Crippen molar-refractivity contribution >= 4 is 11.9 Å². The molecule has 0 spiro atoms. The molecule has 0 bridgehead atoms. The SMILES string of the molecule is CCCCOC(=O)N1CC(Oc2ccc(N)nc2)C1. The van der Waals surface area contributed by atoms with Gasteiger partial charge in [-0.15, -0.1) is 0 Å². The minimum Gasteiger partial charge on any atom is -0.485 e. The molecule has 0 saturated carbocycles. The molecule has 0 aromatic carbocycles. The highest BCUT2D eigenvalue weighted by Gasteiger charge is 2.33. The summed E-state index contributed by atoms with van der Waals surface area (Å²) in [4.78, 5) is 17.1. The lowest BCUT2D eigenvalue weighted by Crippen LogP contribution is -2.56. The van der Waals surface area contributed by atoms with Crippen LogP contribution in [0.15, 0.2) is 18.3 Å². The van der Waals surface area contributed by atoms with E-state index in [1.807, 2.05) is 0 Å². The molecule has 104 valence electrons. The molecule has 1 aromatic heterocycles. The molecule has 0 aliphatic carbocycles. The third kappa shape index (κ3) is 3.74. The summed E-state index contributed by atoms with van der Waals surface area (Å²) in [6.07, 6.45) is 3.24. The number of rotatable bonds is 5. The predicted molar refractivity (Wildman–Crippen MR) is 70.9 cm³/mol. The van der Waals surface area contributed by atoms with Gasteiger partial charge in [-0.1, -0.05) is 13.3 Å². The lowest BCUT2D eigenvalue weighted by molar-refractivity contribution is 0.0107. The van der Waals surface area contributed by atoms with Crippen molar-refractivity contribution in [1.82, 2.24) is 9.88 Å². The maximum absolute atomic E-state index is 11.6. The molecule has 0 unspecified atom stereocenters. The second kappa shape index (κ2) is 6.26. The Morgan fingerprint density at radius 1 is 1.53 bits per heavy atom. The zero-order chi connectivity index (χ0) is 13.7. The van der Waals surface area contributed by atoms with E-state index in [1.54, 1.807) is 23.2 Å². The van der Waals surface area contributed by atoms with Crippen molar-refractivity contribution in [3.63, 3.8) is 0 Å². The van der Waals surface area contributed by atoms with Crippen LogP contribution in [0.4, 0.5) is 10.6 Å². The zero-order valence-corrected chi connectivity index (χ0v) is 11.0. The third-order valence-corrected chi connectivity index (χ3v) is 2.89. The molecule has 2 rings (SSSR count). The minimum absolute atomic E-state index is 0.00384. The number of hydrogen-bond donors (Lipinski definition) is 1. The Morgan fingerprint density at radius 2 is 2.32 bits per heavy atom. The van der Waals surface area contributed by atoms with E-state index < -0.39 is 0 Å². The van der Waals surface area contributed by atoms with Crippen molar-refractivity contribution in [2.24, 2.45) is 0 Å². The molecule has 1 aliphatic rings. The standard InChI is InChI=1S/C13H19N3O3/c1-2-3-6-18-13(17)16-8-11(9-16)19-10-4-5-12(14)15-7-10/h4-5,7,11H,2-3,6,8-9H2,1H3,(H2,14,15). The Kier molecular flexibility index (Phi) is 4.43. The Hall–Kier alpha value is -1.98. The smallest absolute Gasteiger partial charge is 0.410 e. The van der Waals surface area contributed by atoms with E-state index in [0.717, 1.165) is 12.8 Å². The highest BCUT2D eigenvalue weighted by molar-refractivity contribution is 5.68. The van der Waals surface area contributed by atoms with Gasteiger partial charge in [-0.2, -0.15) is 0 Å². The summed E-state index contributed by atoms with van der Waals surface area (Å²) in [5, 5.41) is 0. The van der Waals surface area contributed by atoms with Crippen LogP contribution in [0.5, 0.6) is 5.75 Å². The minimum atomic E-state index is -0.260. The lowest BCUT2D eigenvalue weighted by Gasteiger charge is -2.37. The molecule has 0 radical (unpaired) electrons. The monoisotopic (exact) mass is 265 g/mol. The molecule has 6 nitrogen and oxygen atoms in total. The van der Waals surface area contributed by atoms with Gasteiger partial charge < -0.3 is 20.1 Å². The summed E-state index contributed by atoms with van der Waals surface area (Å²) in [7, 11) is 0. The summed E-state index contributed by atoms with van der Waals surface area (Å²) < 4.78 is 10.7. The summed E-state index contributed by atoms with van der Waals surface area (Å²) >= 11 is 0. The van der Waals surface area contributed by atoms with Gasteiger partial charge in [-0.3, -0.25) is 0 Å². The van der Waals surface area contributed by atoms with Gasteiger partial charge in [0.25, 0.3) is 0 Å². The van der Waals surface area contributed by atoms with Crippen LogP contribution in [0.25, 0.3) is 0 Å². The van der Waals surface area contributed by atoms with Crippen molar-refractivity contribution in [2.75, 3.05) is 25.4 Å². The first-order chi connectivity index (χ1) is 9.19. The number of anilines is 1. The molecule has 1 amide bonds. The predicted octanol–water partition coefficient (Wildman–Crippen LogP) is 1.66. The zero-order valence-electron chi connectivity index (χ0n) is 11.0. The third-order valence-electron chi connectivity index (χ3n) is 2.89. The molecule has 1 saturated heterocycles. The van der Waals surface area contributed by atoms with Gasteiger partial charge in [0.2, 0.25) is 0 Å². The van der Waals surface area contributed by atoms with Crippen molar-refractivity contribution in [3.05, 3.63) is 18.3 Å². The maximum Gasteiger partial charge on any atom is 0.410 e. The number of ether oxygens (including phenoxy) is 2. The van der Waals surface area contributed by atoms with Crippen LogP contribution in [0.2, 0.25) is 0 Å². The Bertz CT molecular complexity index is 416. The van der Waals surface area contributed by atoms with Crippen LogP contribution >= 0.6 is 0 Å². The second-order valence-corrected chi connectivity index (χ2v) is 4.53. The largest absolute Gasteiger partial charge is 0.485 e. The molecular weight excluding hydrogens is 246 g/mol. The van der Waals surface area contributed by atoms with Gasteiger partial charge in [-0.05, 0) is 18.6 Å². The van der Waals surface area contributed by atoms with Crippen molar-refractivity contribution in [3.8, 4) is 5.75 Å². The number of carbonyl (C=O) groups is 1. The Balaban J connectivity index is 1.68. The summed E-state index contributed by atoms with van der Waals surface area (Å²) in [5.74, 6) is 1.13. The van der Waals surface area contributed by atoms with E-state index in [4.69, 9.17) is 15.2 Å². The topological polar surface area (TPSA) is 77.7 Å². The van der Waals surface area contributed by atoms with Crippen molar-refractivity contribution in [2.45, 2.75) is 25.9 Å². The highest BCUT2D eigenvalue weighted by atomic mass is 16.6. The number of likely N-dealkylation sites (tertiary alicyclic amines) is 1. The van der Waals surface area contributed by atoms with E-state index in [1.165, 1.54) is 0 Å². The van der Waals surface area contributed by atoms with E-state index in [2.05, 4.69) is 11.9 Å². The van der Waals surface area contributed by atoms with Crippen LogP contribution in [-0.4, -0.2) is 41.8 Å². The number of amides is 1. The number of aromatic nitrogens is 1. The Labute approximate surface area is 112 Å². The van der Waals surface area contributed by atoms with E-state index in [9.17, 15) is 4.79 Å². The van der Waals surface area contributed by atoms with Gasteiger partial charge in [-0.25, -0.2) is 9.78 Å². The van der Waals surface area contributed by atoms with E-state index in [0.29, 0.717) is 31.3 Å². The number of nitrogen functional groups attached to an aromatic ring is 1. The van der Waals surface area contributed by atoms with Gasteiger partial charge in [0.05, 0.1) is 25.9 Å². The van der Waals surface area contributed by atoms with E-state index in [-0.39, 0.29) is 12.2 Å². The fourth-order valence-corrected chi connectivity index (χ4v) is 1.71. The molecule has 19 heavy (non-hydrogen) atoms. The van der Waals surface area contributed by atoms with Gasteiger partial charge in [0.1, 0.15) is 17.7 Å². The highest BCUT2D eigenvalue weighted by Crippen LogP contribution is 2.18. The molecule has 1 aromatic rings. The molecule has 1 fully saturated rings. The van der Waals surface area contributed by atoms with Crippen LogP contribution in [0.3, 0.4) is 0 Å². The fourth-order valence-electron chi connectivity index (χ4n) is 1.71. The van der Waals surface area contributed by atoms with Gasteiger partial charge in [0, 0.05) is 0 Å². The van der Waals surface area contributed by atoms with Crippen LogP contribution in [-0.2, 0) is 4.74 Å². The summed E-state index contributed by atoms with van der Waals surface area (Å²) in [5.41, 5.74) is 5.49. The second-order valence-electron chi connectivity index (χ2n) is 4.53. The molecular formula is C13H19N3O3.